The van der Waals surface area contributed by atoms with E-state index >= 15 is 0 Å². The number of hydrogen-bond acceptors (Lipinski definition) is 3. The van der Waals surface area contributed by atoms with Gasteiger partial charge in [-0.05, 0) is 30.5 Å². The third-order valence-electron chi connectivity index (χ3n) is 3.81. The van der Waals surface area contributed by atoms with Crippen LogP contribution in [0, 0.1) is 17.6 Å². The summed E-state index contributed by atoms with van der Waals surface area (Å²) in [4.78, 5) is -0.221. The molecule has 20 heavy (non-hydrogen) atoms. The van der Waals surface area contributed by atoms with Crippen LogP contribution in [0.5, 0.6) is 0 Å². The number of benzene rings is 1. The Labute approximate surface area is 117 Å². The van der Waals surface area contributed by atoms with E-state index in [1.807, 2.05) is 6.92 Å². The lowest BCUT2D eigenvalue weighted by atomic mass is 9.92. The predicted octanol–water partition coefficient (Wildman–Crippen LogP) is 1.71. The summed E-state index contributed by atoms with van der Waals surface area (Å²) in [5, 5.41) is 0. The second kappa shape index (κ2) is 5.75. The van der Waals surface area contributed by atoms with Crippen LogP contribution in [0.25, 0.3) is 0 Å². The van der Waals surface area contributed by atoms with Gasteiger partial charge < -0.3 is 5.73 Å². The molecule has 0 amide bonds. The molecule has 112 valence electrons. The molecule has 1 aliphatic rings. The highest BCUT2D eigenvalue weighted by Crippen LogP contribution is 2.25. The lowest BCUT2D eigenvalue weighted by Gasteiger charge is -2.35. The lowest BCUT2D eigenvalue weighted by Crippen LogP contribution is -2.48. The Morgan fingerprint density at radius 1 is 1.35 bits per heavy atom. The molecule has 1 heterocycles. The number of nitrogens with two attached hydrogens (primary N) is 1. The van der Waals surface area contributed by atoms with Crippen molar-refractivity contribution in [2.75, 3.05) is 13.1 Å². The molecule has 0 aliphatic carbocycles. The maximum Gasteiger partial charge on any atom is 0.243 e. The van der Waals surface area contributed by atoms with Gasteiger partial charge in [-0.15, -0.1) is 0 Å². The zero-order valence-electron chi connectivity index (χ0n) is 11.2. The molecule has 0 radical (unpaired) electrons. The highest BCUT2D eigenvalue weighted by atomic mass is 32.2. The smallest absolute Gasteiger partial charge is 0.243 e. The number of halogens is 2. The average Bonchev–Trinajstić information content (AvgIpc) is 2.42. The molecule has 1 aliphatic heterocycles. The summed E-state index contributed by atoms with van der Waals surface area (Å²) in [5.74, 6) is -2.13. The Morgan fingerprint density at radius 2 is 2.05 bits per heavy atom. The molecule has 2 rings (SSSR count). The van der Waals surface area contributed by atoms with E-state index in [-0.39, 0.29) is 16.9 Å². The van der Waals surface area contributed by atoms with Crippen molar-refractivity contribution in [3.63, 3.8) is 0 Å². The van der Waals surface area contributed by atoms with Crippen LogP contribution in [0.2, 0.25) is 0 Å². The molecule has 1 aromatic rings. The van der Waals surface area contributed by atoms with Crippen LogP contribution in [0.4, 0.5) is 8.78 Å². The molecule has 0 aromatic heterocycles. The molecule has 4 nitrogen and oxygen atoms in total. The van der Waals surface area contributed by atoms with Crippen molar-refractivity contribution in [2.24, 2.45) is 11.7 Å². The van der Waals surface area contributed by atoms with Gasteiger partial charge in [0.2, 0.25) is 10.0 Å². The summed E-state index contributed by atoms with van der Waals surface area (Å²) in [6.45, 7) is 2.58. The van der Waals surface area contributed by atoms with Gasteiger partial charge in [-0.1, -0.05) is 13.3 Å². The number of hydrogen-bond donors (Lipinski definition) is 1. The van der Waals surface area contributed by atoms with Crippen molar-refractivity contribution in [2.45, 2.75) is 30.7 Å². The van der Waals surface area contributed by atoms with Crippen molar-refractivity contribution in [1.82, 2.24) is 4.31 Å². The van der Waals surface area contributed by atoms with Crippen molar-refractivity contribution >= 4 is 10.0 Å². The van der Waals surface area contributed by atoms with E-state index in [0.29, 0.717) is 19.5 Å². The van der Waals surface area contributed by atoms with Gasteiger partial charge in [0.25, 0.3) is 0 Å². The largest absolute Gasteiger partial charge is 0.327 e. The molecular formula is C13H18F2N2O2S. The van der Waals surface area contributed by atoms with Crippen molar-refractivity contribution < 1.29 is 17.2 Å². The van der Waals surface area contributed by atoms with E-state index < -0.39 is 21.7 Å². The van der Waals surface area contributed by atoms with Crippen molar-refractivity contribution in [3.05, 3.63) is 29.8 Å². The summed E-state index contributed by atoms with van der Waals surface area (Å²) >= 11 is 0. The fourth-order valence-corrected chi connectivity index (χ4v) is 3.98. The summed E-state index contributed by atoms with van der Waals surface area (Å²) in [6.07, 6.45) is 1.35. The van der Waals surface area contributed by atoms with Gasteiger partial charge >= 0.3 is 0 Å². The number of sulfonamides is 1. The zero-order chi connectivity index (χ0) is 14.9. The van der Waals surface area contributed by atoms with Gasteiger partial charge in [0.05, 0.1) is 4.90 Å². The molecule has 7 heteroatoms. The average molecular weight is 304 g/mol. The molecular weight excluding hydrogens is 286 g/mol. The Morgan fingerprint density at radius 3 is 2.65 bits per heavy atom. The van der Waals surface area contributed by atoms with Crippen LogP contribution < -0.4 is 5.73 Å². The molecule has 1 fully saturated rings. The first-order valence-corrected chi connectivity index (χ1v) is 8.01. The monoisotopic (exact) mass is 304 g/mol. The fraction of sp³-hybridized carbons (Fsp3) is 0.538. The molecule has 2 unspecified atom stereocenters. The highest BCUT2D eigenvalue weighted by Gasteiger charge is 2.33. The Bertz CT molecular complexity index is 592. The van der Waals surface area contributed by atoms with Crippen LogP contribution in [0.15, 0.2) is 23.1 Å². The molecule has 2 N–H and O–H groups in total. The van der Waals surface area contributed by atoms with E-state index in [2.05, 4.69) is 0 Å². The SMILES string of the molecule is CCC1CN(S(=O)(=O)c2ccc(F)c(F)c2)CCC1N. The standard InChI is InChI=1S/C13H18F2N2O2S/c1-2-9-8-17(6-5-13(9)16)20(18,19)10-3-4-11(14)12(15)7-10/h3-4,7,9,13H,2,5-6,8,16H2,1H3. The van der Waals surface area contributed by atoms with E-state index in [4.69, 9.17) is 5.73 Å². The minimum absolute atomic E-state index is 0.0172. The molecule has 0 spiro atoms. The Balaban J connectivity index is 2.28. The quantitative estimate of drug-likeness (QED) is 0.924. The Kier molecular flexibility index (Phi) is 4.41. The van der Waals surface area contributed by atoms with Crippen LogP contribution in [-0.2, 0) is 10.0 Å². The fourth-order valence-electron chi connectivity index (χ4n) is 2.45. The predicted molar refractivity (Wildman–Crippen MR) is 71.5 cm³/mol. The number of rotatable bonds is 3. The first-order valence-electron chi connectivity index (χ1n) is 6.57. The zero-order valence-corrected chi connectivity index (χ0v) is 12.0. The van der Waals surface area contributed by atoms with Crippen molar-refractivity contribution in [3.8, 4) is 0 Å². The summed E-state index contributed by atoms with van der Waals surface area (Å²) < 4.78 is 52.2. The summed E-state index contributed by atoms with van der Waals surface area (Å²) in [5.41, 5.74) is 5.95. The third-order valence-corrected chi connectivity index (χ3v) is 5.67. The number of piperidine rings is 1. The normalized spacial score (nSPS) is 24.8. The van der Waals surface area contributed by atoms with E-state index in [0.717, 1.165) is 24.6 Å². The van der Waals surface area contributed by atoms with Gasteiger partial charge in [0.1, 0.15) is 0 Å². The maximum atomic E-state index is 13.2. The maximum absolute atomic E-state index is 13.2. The first kappa shape index (κ1) is 15.3. The topological polar surface area (TPSA) is 63.4 Å². The first-order chi connectivity index (χ1) is 9.36. The second-order valence-corrected chi connectivity index (χ2v) is 7.00. The van der Waals surface area contributed by atoms with Crippen LogP contribution in [0.3, 0.4) is 0 Å². The van der Waals surface area contributed by atoms with Gasteiger partial charge in [-0.25, -0.2) is 17.2 Å². The van der Waals surface area contributed by atoms with Crippen LogP contribution >= 0.6 is 0 Å². The number of nitrogens with zero attached hydrogens (tertiary/aromatic N) is 1. The van der Waals surface area contributed by atoms with Crippen LogP contribution in [0.1, 0.15) is 19.8 Å². The second-order valence-electron chi connectivity index (χ2n) is 5.06. The van der Waals surface area contributed by atoms with E-state index in [9.17, 15) is 17.2 Å². The minimum Gasteiger partial charge on any atom is -0.327 e. The summed E-state index contributed by atoms with van der Waals surface area (Å²) in [7, 11) is -3.80. The van der Waals surface area contributed by atoms with Crippen LogP contribution in [-0.4, -0.2) is 31.9 Å². The third kappa shape index (κ3) is 2.84. The van der Waals surface area contributed by atoms with E-state index in [1.54, 1.807) is 0 Å². The highest BCUT2D eigenvalue weighted by molar-refractivity contribution is 7.89. The van der Waals surface area contributed by atoms with Gasteiger partial charge in [-0.3, -0.25) is 0 Å². The minimum atomic E-state index is -3.80. The van der Waals surface area contributed by atoms with E-state index in [1.165, 1.54) is 4.31 Å². The van der Waals surface area contributed by atoms with Gasteiger partial charge in [0.15, 0.2) is 11.6 Å². The molecule has 2 atom stereocenters. The molecule has 1 saturated heterocycles. The van der Waals surface area contributed by atoms with Crippen molar-refractivity contribution in [1.29, 1.82) is 0 Å². The Hall–Kier alpha value is -1.05. The summed E-state index contributed by atoms with van der Waals surface area (Å²) in [6, 6.07) is 2.62. The molecule has 1 aromatic carbocycles. The molecule has 0 saturated carbocycles. The van der Waals surface area contributed by atoms with Gasteiger partial charge in [-0.2, -0.15) is 4.31 Å². The van der Waals surface area contributed by atoms with Gasteiger partial charge in [0, 0.05) is 19.1 Å². The molecule has 0 bridgehead atoms. The lowest BCUT2D eigenvalue weighted by molar-refractivity contribution is 0.230.